The number of aryl methyl sites for hydroxylation is 1. The van der Waals surface area contributed by atoms with Crippen molar-refractivity contribution < 1.29 is 4.79 Å². The molecule has 0 saturated carbocycles. The van der Waals surface area contributed by atoms with Gasteiger partial charge in [0.05, 0.1) is 0 Å². The maximum atomic E-state index is 11.8. The van der Waals surface area contributed by atoms with Crippen molar-refractivity contribution in [2.45, 2.75) is 27.2 Å². The fourth-order valence-corrected chi connectivity index (χ4v) is 1.56. The number of carbonyl (C=O) groups excluding carboxylic acids is 1. The van der Waals surface area contributed by atoms with Gasteiger partial charge in [-0.2, -0.15) is 0 Å². The van der Waals surface area contributed by atoms with Crippen molar-refractivity contribution in [2.24, 2.45) is 5.92 Å². The van der Waals surface area contributed by atoms with Crippen LogP contribution in [0.5, 0.6) is 0 Å². The van der Waals surface area contributed by atoms with E-state index in [2.05, 4.69) is 24.5 Å². The molecular formula is C15H24N2O. The van der Waals surface area contributed by atoms with Gasteiger partial charge in [-0.05, 0) is 31.5 Å². The molecule has 1 amide bonds. The maximum Gasteiger partial charge on any atom is 0.251 e. The zero-order chi connectivity index (χ0) is 13.4. The standard InChI is InChI=1S/C15H24N2O/c1-4-12(2)11-16-9-10-17-15(18)14-7-5-13(3)6-8-14/h5-8,12,16H,4,9-11H2,1-3H3,(H,17,18). The first-order valence-electron chi connectivity index (χ1n) is 6.69. The molecule has 0 heterocycles. The Morgan fingerprint density at radius 2 is 1.89 bits per heavy atom. The van der Waals surface area contributed by atoms with Gasteiger partial charge in [-0.3, -0.25) is 4.79 Å². The molecule has 0 fully saturated rings. The van der Waals surface area contributed by atoms with Crippen LogP contribution < -0.4 is 10.6 Å². The number of hydrogen-bond donors (Lipinski definition) is 2. The summed E-state index contributed by atoms with van der Waals surface area (Å²) in [6.07, 6.45) is 1.18. The Morgan fingerprint density at radius 3 is 2.50 bits per heavy atom. The van der Waals surface area contributed by atoms with E-state index in [-0.39, 0.29) is 5.91 Å². The average molecular weight is 248 g/mol. The van der Waals surface area contributed by atoms with Crippen LogP contribution >= 0.6 is 0 Å². The first-order chi connectivity index (χ1) is 8.63. The number of nitrogens with one attached hydrogen (secondary N) is 2. The third-order valence-corrected chi connectivity index (χ3v) is 3.09. The molecule has 0 radical (unpaired) electrons. The SMILES string of the molecule is CCC(C)CNCCNC(=O)c1ccc(C)cc1. The van der Waals surface area contributed by atoms with Crippen LogP contribution in [0.3, 0.4) is 0 Å². The molecule has 3 heteroatoms. The molecule has 1 atom stereocenters. The monoisotopic (exact) mass is 248 g/mol. The smallest absolute Gasteiger partial charge is 0.251 e. The molecule has 0 spiro atoms. The Balaban J connectivity index is 2.19. The summed E-state index contributed by atoms with van der Waals surface area (Å²) in [5.74, 6) is 0.693. The van der Waals surface area contributed by atoms with E-state index in [1.807, 2.05) is 31.2 Å². The predicted molar refractivity (Wildman–Crippen MR) is 75.8 cm³/mol. The molecule has 0 aliphatic heterocycles. The van der Waals surface area contributed by atoms with Crippen molar-refractivity contribution in [3.63, 3.8) is 0 Å². The lowest BCUT2D eigenvalue weighted by molar-refractivity contribution is 0.0954. The van der Waals surface area contributed by atoms with E-state index in [0.29, 0.717) is 12.5 Å². The first-order valence-corrected chi connectivity index (χ1v) is 6.69. The molecule has 1 aromatic rings. The number of rotatable bonds is 7. The summed E-state index contributed by atoms with van der Waals surface area (Å²) >= 11 is 0. The van der Waals surface area contributed by atoms with E-state index in [4.69, 9.17) is 0 Å². The fraction of sp³-hybridized carbons (Fsp3) is 0.533. The summed E-state index contributed by atoms with van der Waals surface area (Å²) in [6, 6.07) is 7.63. The van der Waals surface area contributed by atoms with Gasteiger partial charge < -0.3 is 10.6 Å². The second kappa shape index (κ2) is 7.88. The molecular weight excluding hydrogens is 224 g/mol. The van der Waals surface area contributed by atoms with Crippen LogP contribution in [0.2, 0.25) is 0 Å². The van der Waals surface area contributed by atoms with E-state index in [0.717, 1.165) is 18.7 Å². The lowest BCUT2D eigenvalue weighted by Crippen LogP contribution is -2.33. The molecule has 100 valence electrons. The van der Waals surface area contributed by atoms with Crippen molar-refractivity contribution in [1.82, 2.24) is 10.6 Å². The van der Waals surface area contributed by atoms with Crippen LogP contribution in [0.1, 0.15) is 36.2 Å². The quantitative estimate of drug-likeness (QED) is 0.727. The van der Waals surface area contributed by atoms with Crippen molar-refractivity contribution in [1.29, 1.82) is 0 Å². The molecule has 0 bridgehead atoms. The van der Waals surface area contributed by atoms with Crippen LogP contribution in [-0.2, 0) is 0 Å². The van der Waals surface area contributed by atoms with Crippen LogP contribution in [0, 0.1) is 12.8 Å². The average Bonchev–Trinajstić information content (AvgIpc) is 2.38. The number of carbonyl (C=O) groups is 1. The van der Waals surface area contributed by atoms with Gasteiger partial charge in [-0.25, -0.2) is 0 Å². The van der Waals surface area contributed by atoms with Gasteiger partial charge in [0.25, 0.3) is 5.91 Å². The van der Waals surface area contributed by atoms with Crippen LogP contribution in [-0.4, -0.2) is 25.5 Å². The lowest BCUT2D eigenvalue weighted by atomic mass is 10.1. The van der Waals surface area contributed by atoms with E-state index >= 15 is 0 Å². The van der Waals surface area contributed by atoms with E-state index in [1.165, 1.54) is 12.0 Å². The number of amides is 1. The summed E-state index contributed by atoms with van der Waals surface area (Å²) in [6.45, 7) is 8.92. The summed E-state index contributed by atoms with van der Waals surface area (Å²) in [5.41, 5.74) is 1.89. The van der Waals surface area contributed by atoms with Gasteiger partial charge in [0.2, 0.25) is 0 Å². The zero-order valence-electron chi connectivity index (χ0n) is 11.6. The maximum absolute atomic E-state index is 11.8. The summed E-state index contributed by atoms with van der Waals surface area (Å²) < 4.78 is 0. The van der Waals surface area contributed by atoms with Gasteiger partial charge in [0.1, 0.15) is 0 Å². The van der Waals surface area contributed by atoms with Gasteiger partial charge >= 0.3 is 0 Å². The second-order valence-electron chi connectivity index (χ2n) is 4.84. The Bertz CT molecular complexity index is 359. The summed E-state index contributed by atoms with van der Waals surface area (Å²) in [7, 11) is 0. The fourth-order valence-electron chi connectivity index (χ4n) is 1.56. The highest BCUT2D eigenvalue weighted by Crippen LogP contribution is 2.02. The normalized spacial score (nSPS) is 12.2. The van der Waals surface area contributed by atoms with Crippen molar-refractivity contribution in [3.8, 4) is 0 Å². The van der Waals surface area contributed by atoms with Crippen molar-refractivity contribution in [2.75, 3.05) is 19.6 Å². The molecule has 0 saturated heterocycles. The molecule has 1 rings (SSSR count). The molecule has 2 N–H and O–H groups in total. The summed E-state index contributed by atoms with van der Waals surface area (Å²) in [4.78, 5) is 11.8. The molecule has 0 aliphatic carbocycles. The highest BCUT2D eigenvalue weighted by Gasteiger charge is 2.03. The van der Waals surface area contributed by atoms with E-state index in [1.54, 1.807) is 0 Å². The van der Waals surface area contributed by atoms with Gasteiger partial charge in [-0.1, -0.05) is 38.0 Å². The van der Waals surface area contributed by atoms with Gasteiger partial charge in [-0.15, -0.1) is 0 Å². The molecule has 18 heavy (non-hydrogen) atoms. The van der Waals surface area contributed by atoms with Crippen molar-refractivity contribution in [3.05, 3.63) is 35.4 Å². The molecule has 1 unspecified atom stereocenters. The molecule has 3 nitrogen and oxygen atoms in total. The Labute approximate surface area is 110 Å². The Morgan fingerprint density at radius 1 is 1.22 bits per heavy atom. The van der Waals surface area contributed by atoms with E-state index in [9.17, 15) is 4.79 Å². The van der Waals surface area contributed by atoms with Gasteiger partial charge in [0, 0.05) is 18.7 Å². The Kier molecular flexibility index (Phi) is 6.44. The highest BCUT2D eigenvalue weighted by molar-refractivity contribution is 5.94. The van der Waals surface area contributed by atoms with Gasteiger partial charge in [0.15, 0.2) is 0 Å². The molecule has 0 aromatic heterocycles. The van der Waals surface area contributed by atoms with Crippen LogP contribution in [0.15, 0.2) is 24.3 Å². The molecule has 1 aromatic carbocycles. The summed E-state index contributed by atoms with van der Waals surface area (Å²) in [5, 5.41) is 6.25. The first kappa shape index (κ1) is 14.7. The lowest BCUT2D eigenvalue weighted by Gasteiger charge is -2.10. The zero-order valence-corrected chi connectivity index (χ0v) is 11.6. The topological polar surface area (TPSA) is 41.1 Å². The third kappa shape index (κ3) is 5.32. The minimum Gasteiger partial charge on any atom is -0.351 e. The van der Waals surface area contributed by atoms with Crippen LogP contribution in [0.4, 0.5) is 0 Å². The Hall–Kier alpha value is -1.35. The second-order valence-corrected chi connectivity index (χ2v) is 4.84. The minimum absolute atomic E-state index is 0.000315. The number of hydrogen-bond acceptors (Lipinski definition) is 2. The third-order valence-electron chi connectivity index (χ3n) is 3.09. The predicted octanol–water partition coefficient (Wildman–Crippen LogP) is 2.36. The van der Waals surface area contributed by atoms with E-state index < -0.39 is 0 Å². The number of benzene rings is 1. The minimum atomic E-state index is 0.000315. The largest absolute Gasteiger partial charge is 0.351 e. The highest BCUT2D eigenvalue weighted by atomic mass is 16.1. The van der Waals surface area contributed by atoms with Crippen molar-refractivity contribution >= 4 is 5.91 Å². The van der Waals surface area contributed by atoms with Crippen LogP contribution in [0.25, 0.3) is 0 Å². The molecule has 0 aliphatic rings.